The molecule has 1 fully saturated rings. The van der Waals surface area contributed by atoms with Crippen LogP contribution in [0.1, 0.15) is 11.7 Å². The Balaban J connectivity index is 1.64. The van der Waals surface area contributed by atoms with Crippen molar-refractivity contribution in [2.24, 2.45) is 5.73 Å². The highest BCUT2D eigenvalue weighted by molar-refractivity contribution is 5.46. The lowest BCUT2D eigenvalue weighted by Gasteiger charge is -2.39. The summed E-state index contributed by atoms with van der Waals surface area (Å²) in [6.07, 6.45) is 1.81. The first kappa shape index (κ1) is 14.9. The number of anilines is 1. The van der Waals surface area contributed by atoms with Gasteiger partial charge in [0.05, 0.1) is 11.7 Å². The van der Waals surface area contributed by atoms with Crippen LogP contribution < -0.4 is 10.6 Å². The second-order valence-corrected chi connectivity index (χ2v) is 5.51. The zero-order chi connectivity index (χ0) is 15.4. The standard InChI is InChI=1S/C17H21FN4/c18-14-4-6-15(7-5-14)21-9-11-22(12-10-21)17(13-19)16-3-1-2-8-20-16/h1-8,17H,9-13,19H2. The van der Waals surface area contributed by atoms with Crippen LogP contribution in [0, 0.1) is 5.82 Å². The van der Waals surface area contributed by atoms with Gasteiger partial charge in [-0.05, 0) is 36.4 Å². The van der Waals surface area contributed by atoms with Gasteiger partial charge >= 0.3 is 0 Å². The molecule has 1 saturated heterocycles. The van der Waals surface area contributed by atoms with Crippen molar-refractivity contribution in [3.63, 3.8) is 0 Å². The van der Waals surface area contributed by atoms with Crippen LogP contribution in [0.3, 0.4) is 0 Å². The van der Waals surface area contributed by atoms with Crippen LogP contribution in [0.2, 0.25) is 0 Å². The summed E-state index contributed by atoms with van der Waals surface area (Å²) in [7, 11) is 0. The molecular weight excluding hydrogens is 279 g/mol. The topological polar surface area (TPSA) is 45.4 Å². The smallest absolute Gasteiger partial charge is 0.123 e. The van der Waals surface area contributed by atoms with Crippen LogP contribution in [0.25, 0.3) is 0 Å². The van der Waals surface area contributed by atoms with E-state index in [4.69, 9.17) is 5.73 Å². The molecule has 0 aliphatic carbocycles. The molecule has 0 saturated carbocycles. The van der Waals surface area contributed by atoms with E-state index in [1.165, 1.54) is 12.1 Å². The number of nitrogens with two attached hydrogens (primary N) is 1. The van der Waals surface area contributed by atoms with E-state index in [1.54, 1.807) is 0 Å². The number of halogens is 1. The van der Waals surface area contributed by atoms with Gasteiger partial charge in [0, 0.05) is 44.6 Å². The number of benzene rings is 1. The summed E-state index contributed by atoms with van der Waals surface area (Å²) in [6, 6.07) is 12.8. The number of aromatic nitrogens is 1. The molecule has 22 heavy (non-hydrogen) atoms. The van der Waals surface area contributed by atoms with Gasteiger partial charge in [0.15, 0.2) is 0 Å². The summed E-state index contributed by atoms with van der Waals surface area (Å²) in [5.74, 6) is -0.194. The number of rotatable bonds is 4. The predicted octanol–water partition coefficient (Wildman–Crippen LogP) is 2.04. The molecule has 1 aromatic carbocycles. The molecule has 2 N–H and O–H groups in total. The maximum absolute atomic E-state index is 13.0. The van der Waals surface area contributed by atoms with E-state index >= 15 is 0 Å². The molecule has 2 heterocycles. The predicted molar refractivity (Wildman–Crippen MR) is 86.2 cm³/mol. The minimum Gasteiger partial charge on any atom is -0.369 e. The Bertz CT molecular complexity index is 579. The van der Waals surface area contributed by atoms with Crippen molar-refractivity contribution in [1.82, 2.24) is 9.88 Å². The Morgan fingerprint density at radius 1 is 1.05 bits per heavy atom. The highest BCUT2D eigenvalue weighted by atomic mass is 19.1. The first-order chi connectivity index (χ1) is 10.8. The van der Waals surface area contributed by atoms with Gasteiger partial charge in [-0.25, -0.2) is 4.39 Å². The number of piperazine rings is 1. The van der Waals surface area contributed by atoms with Gasteiger partial charge in [-0.1, -0.05) is 6.07 Å². The van der Waals surface area contributed by atoms with E-state index in [0.717, 1.165) is 37.6 Å². The Kier molecular flexibility index (Phi) is 4.65. The van der Waals surface area contributed by atoms with Crippen molar-refractivity contribution in [2.45, 2.75) is 6.04 Å². The average molecular weight is 300 g/mol. The second kappa shape index (κ2) is 6.85. The van der Waals surface area contributed by atoms with Gasteiger partial charge in [-0.3, -0.25) is 9.88 Å². The van der Waals surface area contributed by atoms with Crippen molar-refractivity contribution in [3.05, 3.63) is 60.2 Å². The Labute approximate surface area is 130 Å². The van der Waals surface area contributed by atoms with Gasteiger partial charge in [0.25, 0.3) is 0 Å². The first-order valence-corrected chi connectivity index (χ1v) is 7.63. The minimum atomic E-state index is -0.194. The molecule has 1 atom stereocenters. The third kappa shape index (κ3) is 3.26. The molecule has 0 bridgehead atoms. The average Bonchev–Trinajstić information content (AvgIpc) is 2.58. The molecular formula is C17H21FN4. The van der Waals surface area contributed by atoms with Gasteiger partial charge in [-0.2, -0.15) is 0 Å². The number of hydrogen-bond donors (Lipinski definition) is 1. The summed E-state index contributed by atoms with van der Waals surface area (Å²) in [6.45, 7) is 4.24. The number of pyridine rings is 1. The molecule has 0 amide bonds. The van der Waals surface area contributed by atoms with Crippen LogP contribution in [-0.4, -0.2) is 42.6 Å². The maximum atomic E-state index is 13.0. The van der Waals surface area contributed by atoms with Crippen molar-refractivity contribution in [2.75, 3.05) is 37.6 Å². The SMILES string of the molecule is NCC(c1ccccn1)N1CCN(c2ccc(F)cc2)CC1. The number of hydrogen-bond acceptors (Lipinski definition) is 4. The lowest BCUT2D eigenvalue weighted by molar-refractivity contribution is 0.187. The minimum absolute atomic E-state index is 0.163. The normalized spacial score (nSPS) is 17.5. The second-order valence-electron chi connectivity index (χ2n) is 5.51. The molecule has 1 aliphatic heterocycles. The fourth-order valence-corrected chi connectivity index (χ4v) is 2.97. The highest BCUT2D eigenvalue weighted by Crippen LogP contribution is 2.22. The van der Waals surface area contributed by atoms with Crippen LogP contribution >= 0.6 is 0 Å². The van der Waals surface area contributed by atoms with E-state index in [1.807, 2.05) is 36.5 Å². The molecule has 0 radical (unpaired) electrons. The van der Waals surface area contributed by atoms with E-state index in [-0.39, 0.29) is 11.9 Å². The van der Waals surface area contributed by atoms with Crippen LogP contribution in [0.4, 0.5) is 10.1 Å². The molecule has 0 spiro atoms. The lowest BCUT2D eigenvalue weighted by atomic mass is 10.1. The van der Waals surface area contributed by atoms with Gasteiger partial charge < -0.3 is 10.6 Å². The van der Waals surface area contributed by atoms with Gasteiger partial charge in [0.2, 0.25) is 0 Å². The van der Waals surface area contributed by atoms with E-state index in [0.29, 0.717) is 6.54 Å². The quantitative estimate of drug-likeness (QED) is 0.938. The van der Waals surface area contributed by atoms with Gasteiger partial charge in [0.1, 0.15) is 5.82 Å². The summed E-state index contributed by atoms with van der Waals surface area (Å²) in [4.78, 5) is 9.09. The highest BCUT2D eigenvalue weighted by Gasteiger charge is 2.24. The van der Waals surface area contributed by atoms with Crippen molar-refractivity contribution in [3.8, 4) is 0 Å². The van der Waals surface area contributed by atoms with Crippen molar-refractivity contribution >= 4 is 5.69 Å². The summed E-state index contributed by atoms with van der Waals surface area (Å²) in [5.41, 5.74) is 8.06. The van der Waals surface area contributed by atoms with Crippen LogP contribution in [0.5, 0.6) is 0 Å². The molecule has 1 aromatic heterocycles. The third-order valence-electron chi connectivity index (χ3n) is 4.20. The Morgan fingerprint density at radius 2 is 1.77 bits per heavy atom. The van der Waals surface area contributed by atoms with Crippen LogP contribution in [0.15, 0.2) is 48.7 Å². The molecule has 5 heteroatoms. The fourth-order valence-electron chi connectivity index (χ4n) is 2.97. The molecule has 116 valence electrons. The monoisotopic (exact) mass is 300 g/mol. The van der Waals surface area contributed by atoms with Crippen molar-refractivity contribution in [1.29, 1.82) is 0 Å². The molecule has 1 aliphatic rings. The molecule has 3 rings (SSSR count). The summed E-state index contributed by atoms with van der Waals surface area (Å²) in [5, 5.41) is 0. The first-order valence-electron chi connectivity index (χ1n) is 7.63. The lowest BCUT2D eigenvalue weighted by Crippen LogP contribution is -2.49. The Hall–Kier alpha value is -1.98. The van der Waals surface area contributed by atoms with E-state index in [9.17, 15) is 4.39 Å². The fraction of sp³-hybridized carbons (Fsp3) is 0.353. The zero-order valence-corrected chi connectivity index (χ0v) is 12.5. The van der Waals surface area contributed by atoms with Crippen LogP contribution in [-0.2, 0) is 0 Å². The maximum Gasteiger partial charge on any atom is 0.123 e. The summed E-state index contributed by atoms with van der Waals surface area (Å²) >= 11 is 0. The Morgan fingerprint density at radius 3 is 2.36 bits per heavy atom. The van der Waals surface area contributed by atoms with E-state index < -0.39 is 0 Å². The molecule has 2 aromatic rings. The molecule has 1 unspecified atom stereocenters. The largest absolute Gasteiger partial charge is 0.369 e. The van der Waals surface area contributed by atoms with Crippen molar-refractivity contribution < 1.29 is 4.39 Å². The third-order valence-corrected chi connectivity index (χ3v) is 4.20. The summed E-state index contributed by atoms with van der Waals surface area (Å²) < 4.78 is 13.0. The van der Waals surface area contributed by atoms with E-state index in [2.05, 4.69) is 14.8 Å². The number of nitrogens with zero attached hydrogens (tertiary/aromatic N) is 3. The van der Waals surface area contributed by atoms with Gasteiger partial charge in [-0.15, -0.1) is 0 Å². The zero-order valence-electron chi connectivity index (χ0n) is 12.5. The molecule has 4 nitrogen and oxygen atoms in total.